The fourth-order valence-electron chi connectivity index (χ4n) is 5.84. The van der Waals surface area contributed by atoms with Crippen LogP contribution in [0.5, 0.6) is 0 Å². The smallest absolute Gasteiger partial charge is 0.136 e. The SMILES string of the molecule is c1ccc(C2NC(c3cccc4oc5ccccc5c34)=NC(c3ccc4ccc5ccccc5c4c3)N2)cc1. The summed E-state index contributed by atoms with van der Waals surface area (Å²) in [5.41, 5.74) is 5.07. The Balaban J connectivity index is 1.32. The number of rotatable bonds is 3. The molecule has 0 amide bonds. The van der Waals surface area contributed by atoms with Crippen molar-refractivity contribution >= 4 is 49.3 Å². The monoisotopic (exact) mass is 503 g/mol. The maximum absolute atomic E-state index is 6.20. The van der Waals surface area contributed by atoms with Gasteiger partial charge in [-0.05, 0) is 50.9 Å². The topological polar surface area (TPSA) is 49.6 Å². The van der Waals surface area contributed by atoms with Crippen LogP contribution in [0.15, 0.2) is 137 Å². The summed E-state index contributed by atoms with van der Waals surface area (Å²) < 4.78 is 6.20. The lowest BCUT2D eigenvalue weighted by Gasteiger charge is -2.32. The second-order valence-corrected chi connectivity index (χ2v) is 10.1. The van der Waals surface area contributed by atoms with Gasteiger partial charge >= 0.3 is 0 Å². The molecule has 186 valence electrons. The molecule has 0 aliphatic carbocycles. The number of nitrogens with zero attached hydrogens (tertiary/aromatic N) is 1. The van der Waals surface area contributed by atoms with Gasteiger partial charge in [0.25, 0.3) is 0 Å². The van der Waals surface area contributed by atoms with Gasteiger partial charge in [-0.2, -0.15) is 0 Å². The van der Waals surface area contributed by atoms with E-state index >= 15 is 0 Å². The molecule has 0 bridgehead atoms. The quantitative estimate of drug-likeness (QED) is 0.239. The summed E-state index contributed by atoms with van der Waals surface area (Å²) in [5, 5.41) is 14.6. The van der Waals surface area contributed by atoms with E-state index in [-0.39, 0.29) is 12.3 Å². The van der Waals surface area contributed by atoms with E-state index in [2.05, 4.69) is 108 Å². The predicted octanol–water partition coefficient (Wildman–Crippen LogP) is 8.23. The maximum Gasteiger partial charge on any atom is 0.136 e. The Kier molecular flexibility index (Phi) is 5.00. The van der Waals surface area contributed by atoms with Crippen molar-refractivity contribution < 1.29 is 4.42 Å². The zero-order chi connectivity index (χ0) is 25.8. The number of benzene rings is 6. The Bertz CT molecular complexity index is 2040. The number of para-hydroxylation sites is 1. The Hall–Kier alpha value is -4.93. The van der Waals surface area contributed by atoms with E-state index in [1.165, 1.54) is 21.5 Å². The third-order valence-corrected chi connectivity index (χ3v) is 7.74. The first-order valence-electron chi connectivity index (χ1n) is 13.3. The molecule has 0 saturated heterocycles. The highest BCUT2D eigenvalue weighted by Crippen LogP contribution is 2.34. The number of fused-ring (bicyclic) bond motifs is 6. The number of furan rings is 1. The summed E-state index contributed by atoms with van der Waals surface area (Å²) in [4.78, 5) is 5.27. The molecule has 1 aromatic heterocycles. The van der Waals surface area contributed by atoms with Crippen LogP contribution >= 0.6 is 0 Å². The molecule has 0 spiro atoms. The second kappa shape index (κ2) is 8.83. The van der Waals surface area contributed by atoms with Gasteiger partial charge in [0.2, 0.25) is 0 Å². The number of hydrogen-bond donors (Lipinski definition) is 2. The van der Waals surface area contributed by atoms with Crippen molar-refractivity contribution in [2.75, 3.05) is 0 Å². The molecule has 0 radical (unpaired) electrons. The lowest BCUT2D eigenvalue weighted by atomic mass is 9.98. The lowest BCUT2D eigenvalue weighted by Crippen LogP contribution is -2.45. The van der Waals surface area contributed by atoms with Crippen LogP contribution in [0.2, 0.25) is 0 Å². The molecule has 7 aromatic rings. The maximum atomic E-state index is 6.20. The molecule has 8 rings (SSSR count). The molecule has 6 aromatic carbocycles. The highest BCUT2D eigenvalue weighted by Gasteiger charge is 2.27. The molecule has 39 heavy (non-hydrogen) atoms. The van der Waals surface area contributed by atoms with Crippen molar-refractivity contribution in [3.8, 4) is 0 Å². The number of nitrogens with one attached hydrogen (secondary N) is 2. The first kappa shape index (κ1) is 22.1. The average molecular weight is 504 g/mol. The minimum Gasteiger partial charge on any atom is -0.456 e. The third-order valence-electron chi connectivity index (χ3n) is 7.74. The van der Waals surface area contributed by atoms with Gasteiger partial charge in [0, 0.05) is 16.3 Å². The van der Waals surface area contributed by atoms with E-state index in [1.807, 2.05) is 30.3 Å². The first-order valence-corrected chi connectivity index (χ1v) is 13.3. The van der Waals surface area contributed by atoms with Gasteiger partial charge < -0.3 is 9.73 Å². The minimum atomic E-state index is -0.233. The number of amidine groups is 1. The molecule has 0 saturated carbocycles. The van der Waals surface area contributed by atoms with Gasteiger partial charge in [-0.25, -0.2) is 4.99 Å². The van der Waals surface area contributed by atoms with E-state index in [0.29, 0.717) is 0 Å². The van der Waals surface area contributed by atoms with Crippen molar-refractivity contribution in [3.63, 3.8) is 0 Å². The number of hydrogen-bond acceptors (Lipinski definition) is 4. The normalized spacial score (nSPS) is 17.5. The molecule has 2 N–H and O–H groups in total. The number of aliphatic imine (C=N–C) groups is 1. The Morgan fingerprint density at radius 3 is 2.18 bits per heavy atom. The predicted molar refractivity (Wildman–Crippen MR) is 160 cm³/mol. The fraction of sp³-hybridized carbons (Fsp3) is 0.0571. The Labute approximate surface area is 225 Å². The molecule has 2 unspecified atom stereocenters. The molecule has 2 heterocycles. The zero-order valence-electron chi connectivity index (χ0n) is 21.1. The van der Waals surface area contributed by atoms with Gasteiger partial charge in [-0.15, -0.1) is 0 Å². The van der Waals surface area contributed by atoms with Crippen LogP contribution in [-0.4, -0.2) is 5.84 Å². The molecule has 4 heteroatoms. The standard InChI is InChI=1S/C35H25N3O/c1-2-10-24(11-3-1)33-36-34(25-20-19-23-18-17-22-9-4-5-12-26(22)29(23)21-25)38-35(37-33)28-14-8-16-31-32(28)27-13-6-7-15-30(27)39-31/h1-21,33-34,36H,(H,37,38). The van der Waals surface area contributed by atoms with Crippen LogP contribution in [0.1, 0.15) is 29.0 Å². The van der Waals surface area contributed by atoms with Gasteiger partial charge in [0.1, 0.15) is 29.3 Å². The minimum absolute atomic E-state index is 0.111. The van der Waals surface area contributed by atoms with E-state index < -0.39 is 0 Å². The van der Waals surface area contributed by atoms with Crippen LogP contribution in [0.25, 0.3) is 43.5 Å². The average Bonchev–Trinajstić information content (AvgIpc) is 3.40. The summed E-state index contributed by atoms with van der Waals surface area (Å²) in [5.74, 6) is 0.850. The third kappa shape index (κ3) is 3.69. The lowest BCUT2D eigenvalue weighted by molar-refractivity contribution is 0.409. The summed E-state index contributed by atoms with van der Waals surface area (Å²) in [7, 11) is 0. The Morgan fingerprint density at radius 2 is 1.28 bits per heavy atom. The molecule has 2 atom stereocenters. The summed E-state index contributed by atoms with van der Waals surface area (Å²) in [6.07, 6.45) is -0.344. The van der Waals surface area contributed by atoms with Crippen LogP contribution < -0.4 is 10.6 Å². The van der Waals surface area contributed by atoms with Crippen LogP contribution in [0, 0.1) is 0 Å². The highest BCUT2D eigenvalue weighted by molar-refractivity contribution is 6.18. The summed E-state index contributed by atoms with van der Waals surface area (Å²) >= 11 is 0. The summed E-state index contributed by atoms with van der Waals surface area (Å²) in [6, 6.07) is 44.5. The molecule has 1 aliphatic heterocycles. The van der Waals surface area contributed by atoms with Gasteiger partial charge in [-0.3, -0.25) is 5.32 Å². The van der Waals surface area contributed by atoms with Crippen molar-refractivity contribution in [3.05, 3.63) is 144 Å². The van der Waals surface area contributed by atoms with Crippen molar-refractivity contribution in [1.29, 1.82) is 0 Å². The zero-order valence-corrected chi connectivity index (χ0v) is 21.1. The molecule has 4 nitrogen and oxygen atoms in total. The molecule has 1 aliphatic rings. The van der Waals surface area contributed by atoms with E-state index in [0.717, 1.165) is 44.5 Å². The molecular formula is C35H25N3O. The van der Waals surface area contributed by atoms with E-state index in [9.17, 15) is 0 Å². The second-order valence-electron chi connectivity index (χ2n) is 10.1. The first-order chi connectivity index (χ1) is 19.3. The van der Waals surface area contributed by atoms with Crippen LogP contribution in [0.3, 0.4) is 0 Å². The fourth-order valence-corrected chi connectivity index (χ4v) is 5.84. The highest BCUT2D eigenvalue weighted by atomic mass is 16.3. The van der Waals surface area contributed by atoms with Crippen molar-refractivity contribution in [1.82, 2.24) is 10.6 Å². The van der Waals surface area contributed by atoms with Gasteiger partial charge in [-0.1, -0.05) is 109 Å². The van der Waals surface area contributed by atoms with Crippen molar-refractivity contribution in [2.45, 2.75) is 12.3 Å². The van der Waals surface area contributed by atoms with Gasteiger partial charge in [0.05, 0.1) is 0 Å². The van der Waals surface area contributed by atoms with Crippen molar-refractivity contribution in [2.24, 2.45) is 4.99 Å². The van der Waals surface area contributed by atoms with Gasteiger partial charge in [0.15, 0.2) is 0 Å². The molecule has 0 fully saturated rings. The summed E-state index contributed by atoms with van der Waals surface area (Å²) in [6.45, 7) is 0. The van der Waals surface area contributed by atoms with Crippen LogP contribution in [-0.2, 0) is 0 Å². The molecular weight excluding hydrogens is 478 g/mol. The van der Waals surface area contributed by atoms with Crippen LogP contribution in [0.4, 0.5) is 0 Å². The van der Waals surface area contributed by atoms with E-state index in [1.54, 1.807) is 0 Å². The Morgan fingerprint density at radius 1 is 0.564 bits per heavy atom. The largest absolute Gasteiger partial charge is 0.456 e. The van der Waals surface area contributed by atoms with E-state index in [4.69, 9.17) is 9.41 Å².